The lowest BCUT2D eigenvalue weighted by Gasteiger charge is -2.18. The van der Waals surface area contributed by atoms with Gasteiger partial charge in [-0.15, -0.1) is 0 Å². The van der Waals surface area contributed by atoms with Crippen LogP contribution >= 0.6 is 0 Å². The Morgan fingerprint density at radius 2 is 1.86 bits per heavy atom. The number of hydroxylamine groups is 1. The molecule has 0 unspecified atom stereocenters. The number of halogens is 3. The van der Waals surface area contributed by atoms with Gasteiger partial charge in [-0.3, -0.25) is 4.84 Å². The molecule has 14 heavy (non-hydrogen) atoms. The van der Waals surface area contributed by atoms with Crippen LogP contribution in [0.1, 0.15) is 13.8 Å². The number of carbonyl (C=O) groups excluding carboxylic acids is 1. The van der Waals surface area contributed by atoms with Gasteiger partial charge in [-0.05, 0) is 13.8 Å². The van der Waals surface area contributed by atoms with E-state index in [-0.39, 0.29) is 0 Å². The molecule has 0 rings (SSSR count). The quantitative estimate of drug-likeness (QED) is 0.721. The van der Waals surface area contributed by atoms with Crippen molar-refractivity contribution in [1.29, 1.82) is 0 Å². The predicted octanol–water partition coefficient (Wildman–Crippen LogP) is 1.53. The van der Waals surface area contributed by atoms with Gasteiger partial charge >= 0.3 is 12.2 Å². The third kappa shape index (κ3) is 5.63. The Hall–Kier alpha value is -0.980. The summed E-state index contributed by atoms with van der Waals surface area (Å²) >= 11 is 0. The van der Waals surface area contributed by atoms with Gasteiger partial charge in [0.2, 0.25) is 0 Å². The number of nitrogens with zero attached hydrogens (tertiary/aromatic N) is 1. The van der Waals surface area contributed by atoms with Crippen LogP contribution in [0, 0.1) is 0 Å². The smallest absolute Gasteiger partial charge is 0.324 e. The average Bonchev–Trinajstić information content (AvgIpc) is 2.04. The zero-order valence-electron chi connectivity index (χ0n) is 8.02. The van der Waals surface area contributed by atoms with Crippen molar-refractivity contribution < 1.29 is 22.8 Å². The van der Waals surface area contributed by atoms with E-state index in [1.165, 1.54) is 4.90 Å². The highest BCUT2D eigenvalue weighted by molar-refractivity contribution is 5.72. The van der Waals surface area contributed by atoms with E-state index in [1.807, 2.05) is 0 Å². The van der Waals surface area contributed by atoms with Crippen molar-refractivity contribution in [3.05, 3.63) is 0 Å². The average molecular weight is 214 g/mol. The molecule has 4 nitrogen and oxygen atoms in total. The molecule has 0 aromatic heterocycles. The van der Waals surface area contributed by atoms with Crippen LogP contribution in [-0.2, 0) is 4.84 Å². The van der Waals surface area contributed by atoms with Crippen molar-refractivity contribution in [2.75, 3.05) is 19.7 Å². The molecule has 0 aromatic rings. The van der Waals surface area contributed by atoms with Crippen molar-refractivity contribution in [2.45, 2.75) is 20.0 Å². The van der Waals surface area contributed by atoms with Crippen molar-refractivity contribution >= 4 is 6.03 Å². The van der Waals surface area contributed by atoms with Gasteiger partial charge in [0.1, 0.15) is 0 Å². The fourth-order valence-corrected chi connectivity index (χ4v) is 0.755. The van der Waals surface area contributed by atoms with Gasteiger partial charge in [0.25, 0.3) is 0 Å². The van der Waals surface area contributed by atoms with Crippen molar-refractivity contribution in [3.63, 3.8) is 0 Å². The number of nitrogens with one attached hydrogen (secondary N) is 1. The highest BCUT2D eigenvalue weighted by atomic mass is 19.4. The number of urea groups is 1. The van der Waals surface area contributed by atoms with E-state index >= 15 is 0 Å². The SMILES string of the molecule is CCN(CC)C(=O)NOCC(F)(F)F. The maximum Gasteiger partial charge on any atom is 0.414 e. The summed E-state index contributed by atoms with van der Waals surface area (Å²) in [6.45, 7) is 2.77. The molecule has 0 bridgehead atoms. The lowest BCUT2D eigenvalue weighted by Crippen LogP contribution is -2.41. The van der Waals surface area contributed by atoms with Crippen LogP contribution in [-0.4, -0.2) is 36.8 Å². The van der Waals surface area contributed by atoms with Crippen LogP contribution in [0.15, 0.2) is 0 Å². The van der Waals surface area contributed by atoms with Crippen LogP contribution in [0.2, 0.25) is 0 Å². The molecule has 0 saturated carbocycles. The minimum absolute atomic E-state index is 0.414. The lowest BCUT2D eigenvalue weighted by molar-refractivity contribution is -0.184. The Morgan fingerprint density at radius 3 is 2.21 bits per heavy atom. The summed E-state index contributed by atoms with van der Waals surface area (Å²) in [6.07, 6.45) is -4.43. The summed E-state index contributed by atoms with van der Waals surface area (Å²) < 4.78 is 34.7. The Balaban J connectivity index is 3.74. The molecule has 84 valence electrons. The molecule has 0 saturated heterocycles. The van der Waals surface area contributed by atoms with Crippen LogP contribution < -0.4 is 5.48 Å². The molecule has 0 aromatic carbocycles. The Labute approximate surface area is 80.0 Å². The zero-order chi connectivity index (χ0) is 11.2. The normalized spacial score (nSPS) is 11.2. The molecule has 1 N–H and O–H groups in total. The Morgan fingerprint density at radius 1 is 1.36 bits per heavy atom. The summed E-state index contributed by atoms with van der Waals surface area (Å²) in [4.78, 5) is 16.3. The Kier molecular flexibility index (Phi) is 5.29. The standard InChI is InChI=1S/C7H13F3N2O2/c1-3-12(4-2)6(13)11-14-5-7(8,9)10/h3-5H2,1-2H3,(H,11,13). The first-order chi connectivity index (χ1) is 6.40. The van der Waals surface area contributed by atoms with Gasteiger partial charge in [0, 0.05) is 13.1 Å². The first kappa shape index (κ1) is 13.0. The van der Waals surface area contributed by atoms with Crippen LogP contribution in [0.3, 0.4) is 0 Å². The number of hydrogen-bond donors (Lipinski definition) is 1. The van der Waals surface area contributed by atoms with E-state index in [4.69, 9.17) is 0 Å². The second-order valence-electron chi connectivity index (χ2n) is 2.48. The highest BCUT2D eigenvalue weighted by Crippen LogP contribution is 2.13. The fourth-order valence-electron chi connectivity index (χ4n) is 0.755. The van der Waals surface area contributed by atoms with Gasteiger partial charge in [-0.25, -0.2) is 10.3 Å². The van der Waals surface area contributed by atoms with E-state index < -0.39 is 18.8 Å². The topological polar surface area (TPSA) is 41.6 Å². The number of rotatable bonds is 4. The predicted molar refractivity (Wildman–Crippen MR) is 43.5 cm³/mol. The molecule has 0 aliphatic heterocycles. The molecule has 0 fully saturated rings. The molecule has 7 heteroatoms. The van der Waals surface area contributed by atoms with Gasteiger partial charge < -0.3 is 4.90 Å². The van der Waals surface area contributed by atoms with Crippen LogP contribution in [0.25, 0.3) is 0 Å². The molecular weight excluding hydrogens is 201 g/mol. The van der Waals surface area contributed by atoms with E-state index in [1.54, 1.807) is 19.3 Å². The third-order valence-corrected chi connectivity index (χ3v) is 1.45. The molecule has 2 amide bonds. The summed E-state index contributed by atoms with van der Waals surface area (Å²) in [5, 5.41) is 0. The van der Waals surface area contributed by atoms with Gasteiger partial charge in [-0.2, -0.15) is 13.2 Å². The first-order valence-electron chi connectivity index (χ1n) is 4.14. The van der Waals surface area contributed by atoms with Crippen molar-refractivity contribution in [3.8, 4) is 0 Å². The van der Waals surface area contributed by atoms with E-state index in [0.717, 1.165) is 0 Å². The summed E-state index contributed by atoms with van der Waals surface area (Å²) in [6, 6.07) is -0.667. The second-order valence-corrected chi connectivity index (χ2v) is 2.48. The maximum atomic E-state index is 11.6. The maximum absolute atomic E-state index is 11.6. The summed E-state index contributed by atoms with van der Waals surface area (Å²) in [7, 11) is 0. The monoisotopic (exact) mass is 214 g/mol. The molecule has 0 aliphatic carbocycles. The molecule has 0 radical (unpaired) electrons. The fraction of sp³-hybridized carbons (Fsp3) is 0.857. The number of hydrogen-bond acceptors (Lipinski definition) is 2. The molecule has 0 spiro atoms. The minimum atomic E-state index is -4.43. The summed E-state index contributed by atoms with van der Waals surface area (Å²) in [5.41, 5.74) is 1.71. The number of carbonyl (C=O) groups is 1. The molecule has 0 atom stereocenters. The zero-order valence-corrected chi connectivity index (χ0v) is 8.02. The van der Waals surface area contributed by atoms with E-state index in [2.05, 4.69) is 4.84 Å². The molecular formula is C7H13F3N2O2. The van der Waals surface area contributed by atoms with E-state index in [0.29, 0.717) is 13.1 Å². The van der Waals surface area contributed by atoms with Gasteiger partial charge in [0.15, 0.2) is 6.61 Å². The first-order valence-corrected chi connectivity index (χ1v) is 4.14. The molecule has 0 heterocycles. The highest BCUT2D eigenvalue weighted by Gasteiger charge is 2.28. The van der Waals surface area contributed by atoms with Crippen molar-refractivity contribution in [2.24, 2.45) is 0 Å². The largest absolute Gasteiger partial charge is 0.414 e. The van der Waals surface area contributed by atoms with Crippen LogP contribution in [0.4, 0.5) is 18.0 Å². The van der Waals surface area contributed by atoms with Gasteiger partial charge in [0.05, 0.1) is 0 Å². The molecule has 0 aliphatic rings. The Bertz CT molecular complexity index is 180. The minimum Gasteiger partial charge on any atom is -0.324 e. The van der Waals surface area contributed by atoms with Gasteiger partial charge in [-0.1, -0.05) is 0 Å². The van der Waals surface area contributed by atoms with E-state index in [9.17, 15) is 18.0 Å². The second kappa shape index (κ2) is 5.69. The van der Waals surface area contributed by atoms with Crippen molar-refractivity contribution in [1.82, 2.24) is 10.4 Å². The lowest BCUT2D eigenvalue weighted by atomic mass is 10.5. The third-order valence-electron chi connectivity index (χ3n) is 1.45. The van der Waals surface area contributed by atoms with Crippen LogP contribution in [0.5, 0.6) is 0 Å². The number of alkyl halides is 3. The summed E-state index contributed by atoms with van der Waals surface area (Å²) in [5.74, 6) is 0. The number of amides is 2.